The number of piperidine rings is 1. The van der Waals surface area contributed by atoms with Gasteiger partial charge in [0.2, 0.25) is 11.9 Å². The maximum absolute atomic E-state index is 13.0. The topological polar surface area (TPSA) is 54.3 Å². The molecule has 0 aliphatic carbocycles. The van der Waals surface area contributed by atoms with Crippen LogP contribution in [-0.2, 0) is 17.9 Å². The van der Waals surface area contributed by atoms with Crippen molar-refractivity contribution in [2.75, 3.05) is 24.5 Å². The Morgan fingerprint density at radius 1 is 1.12 bits per heavy atom. The summed E-state index contributed by atoms with van der Waals surface area (Å²) in [5.41, 5.74) is 1.31. The van der Waals surface area contributed by atoms with Crippen LogP contribution in [0, 0.1) is 5.92 Å². The fraction of sp³-hybridized carbons (Fsp3) is 0.500. The standard InChI is InChI=1S/C18H23N5O/c24-17(22-10-5-11-23-18(22)19-14-20-23)16-8-4-9-21(13-16)12-15-6-2-1-3-7-15/h1-3,6-7,14,16H,4-5,8-13H2/t16-/m1/s1. The van der Waals surface area contributed by atoms with E-state index in [-0.39, 0.29) is 11.8 Å². The van der Waals surface area contributed by atoms with Crippen molar-refractivity contribution >= 4 is 11.9 Å². The Morgan fingerprint density at radius 2 is 2.00 bits per heavy atom. The molecule has 1 atom stereocenters. The Hall–Kier alpha value is -2.21. The van der Waals surface area contributed by atoms with Crippen molar-refractivity contribution in [2.45, 2.75) is 32.4 Å². The Morgan fingerprint density at radius 3 is 2.88 bits per heavy atom. The smallest absolute Gasteiger partial charge is 0.233 e. The van der Waals surface area contributed by atoms with Crippen molar-refractivity contribution in [2.24, 2.45) is 5.92 Å². The number of hydrogen-bond donors (Lipinski definition) is 0. The van der Waals surface area contributed by atoms with E-state index in [1.54, 1.807) is 6.33 Å². The minimum atomic E-state index is 0.0608. The van der Waals surface area contributed by atoms with E-state index in [0.717, 1.165) is 52.0 Å². The monoisotopic (exact) mass is 325 g/mol. The molecule has 2 aromatic rings. The number of rotatable bonds is 3. The Balaban J connectivity index is 1.44. The van der Waals surface area contributed by atoms with Gasteiger partial charge in [0.15, 0.2) is 0 Å². The quantitative estimate of drug-likeness (QED) is 0.865. The lowest BCUT2D eigenvalue weighted by Gasteiger charge is -2.35. The lowest BCUT2D eigenvalue weighted by Crippen LogP contribution is -2.47. The summed E-state index contributed by atoms with van der Waals surface area (Å²) in [6.45, 7) is 4.42. The maximum atomic E-state index is 13.0. The van der Waals surface area contributed by atoms with E-state index in [9.17, 15) is 4.79 Å². The van der Waals surface area contributed by atoms with E-state index in [1.807, 2.05) is 15.6 Å². The molecule has 3 heterocycles. The second-order valence-electron chi connectivity index (χ2n) is 6.69. The van der Waals surface area contributed by atoms with Crippen LogP contribution in [0.15, 0.2) is 36.7 Å². The summed E-state index contributed by atoms with van der Waals surface area (Å²) < 4.78 is 1.84. The number of carbonyl (C=O) groups is 1. The summed E-state index contributed by atoms with van der Waals surface area (Å²) in [5, 5.41) is 4.21. The maximum Gasteiger partial charge on any atom is 0.233 e. The molecule has 0 spiro atoms. The van der Waals surface area contributed by atoms with E-state index >= 15 is 0 Å². The van der Waals surface area contributed by atoms with Gasteiger partial charge in [-0.3, -0.25) is 14.6 Å². The van der Waals surface area contributed by atoms with Crippen LogP contribution in [0.5, 0.6) is 0 Å². The van der Waals surface area contributed by atoms with Gasteiger partial charge in [0.05, 0.1) is 5.92 Å². The van der Waals surface area contributed by atoms with Crippen molar-refractivity contribution in [3.8, 4) is 0 Å². The SMILES string of the molecule is O=C([C@@H]1CCCN(Cc2ccccc2)C1)N1CCCn2ncnc21. The van der Waals surface area contributed by atoms with E-state index in [2.05, 4.69) is 39.2 Å². The predicted octanol–water partition coefficient (Wildman–Crippen LogP) is 1.93. The zero-order chi connectivity index (χ0) is 16.4. The molecule has 1 saturated heterocycles. The van der Waals surface area contributed by atoms with E-state index < -0.39 is 0 Å². The Bertz CT molecular complexity index is 698. The molecule has 6 heteroatoms. The molecular weight excluding hydrogens is 302 g/mol. The fourth-order valence-corrected chi connectivity index (χ4v) is 3.77. The largest absolute Gasteiger partial charge is 0.298 e. The van der Waals surface area contributed by atoms with Crippen molar-refractivity contribution in [1.82, 2.24) is 19.7 Å². The lowest BCUT2D eigenvalue weighted by molar-refractivity contribution is -0.124. The summed E-state index contributed by atoms with van der Waals surface area (Å²) >= 11 is 0. The van der Waals surface area contributed by atoms with Gasteiger partial charge in [0.25, 0.3) is 0 Å². The number of benzene rings is 1. The number of amides is 1. The first-order valence-electron chi connectivity index (χ1n) is 8.77. The second-order valence-corrected chi connectivity index (χ2v) is 6.69. The molecule has 0 unspecified atom stereocenters. The highest BCUT2D eigenvalue weighted by molar-refractivity contribution is 5.93. The number of aromatic nitrogens is 3. The molecule has 24 heavy (non-hydrogen) atoms. The van der Waals surface area contributed by atoms with Gasteiger partial charge in [-0.2, -0.15) is 10.1 Å². The van der Waals surface area contributed by atoms with Gasteiger partial charge in [-0.15, -0.1) is 0 Å². The van der Waals surface area contributed by atoms with Gasteiger partial charge < -0.3 is 0 Å². The normalized spacial score (nSPS) is 21.5. The van der Waals surface area contributed by atoms with Crippen LogP contribution >= 0.6 is 0 Å². The molecule has 1 aromatic heterocycles. The minimum Gasteiger partial charge on any atom is -0.298 e. The summed E-state index contributed by atoms with van der Waals surface area (Å²) in [5.74, 6) is 0.985. The van der Waals surface area contributed by atoms with Gasteiger partial charge >= 0.3 is 0 Å². The van der Waals surface area contributed by atoms with Gasteiger partial charge in [0, 0.05) is 26.2 Å². The molecule has 1 aromatic carbocycles. The van der Waals surface area contributed by atoms with Crippen LogP contribution in [0.2, 0.25) is 0 Å². The number of hydrogen-bond acceptors (Lipinski definition) is 4. The van der Waals surface area contributed by atoms with Gasteiger partial charge in [0.1, 0.15) is 6.33 Å². The third kappa shape index (κ3) is 3.06. The lowest BCUT2D eigenvalue weighted by atomic mass is 9.96. The minimum absolute atomic E-state index is 0.0608. The van der Waals surface area contributed by atoms with E-state index in [1.165, 1.54) is 5.56 Å². The number of aryl methyl sites for hydroxylation is 1. The highest BCUT2D eigenvalue weighted by atomic mass is 16.2. The molecule has 1 amide bonds. The average molecular weight is 325 g/mol. The summed E-state index contributed by atoms with van der Waals surface area (Å²) in [6, 6.07) is 10.5. The molecule has 1 fully saturated rings. The molecule has 0 N–H and O–H groups in total. The summed E-state index contributed by atoms with van der Waals surface area (Å²) in [6.07, 6.45) is 4.53. The molecule has 126 valence electrons. The molecule has 4 rings (SSSR count). The second kappa shape index (κ2) is 6.73. The van der Waals surface area contributed by atoms with Crippen LogP contribution in [0.25, 0.3) is 0 Å². The predicted molar refractivity (Wildman–Crippen MR) is 91.4 cm³/mol. The van der Waals surface area contributed by atoms with Crippen LogP contribution in [-0.4, -0.2) is 45.2 Å². The van der Waals surface area contributed by atoms with E-state index in [0.29, 0.717) is 5.95 Å². The summed E-state index contributed by atoms with van der Waals surface area (Å²) in [4.78, 5) is 21.6. The van der Waals surface area contributed by atoms with Crippen LogP contribution in [0.3, 0.4) is 0 Å². The first-order chi connectivity index (χ1) is 11.8. The van der Waals surface area contributed by atoms with Gasteiger partial charge in [-0.1, -0.05) is 30.3 Å². The van der Waals surface area contributed by atoms with Crippen molar-refractivity contribution < 1.29 is 4.79 Å². The van der Waals surface area contributed by atoms with Crippen LogP contribution in [0.1, 0.15) is 24.8 Å². The number of carbonyl (C=O) groups excluding carboxylic acids is 1. The average Bonchev–Trinajstić information content (AvgIpc) is 3.11. The third-order valence-corrected chi connectivity index (χ3v) is 4.96. The highest BCUT2D eigenvalue weighted by Crippen LogP contribution is 2.24. The number of likely N-dealkylation sites (tertiary alicyclic amines) is 1. The molecule has 0 radical (unpaired) electrons. The summed E-state index contributed by atoms with van der Waals surface area (Å²) in [7, 11) is 0. The van der Waals surface area contributed by atoms with Crippen molar-refractivity contribution in [3.05, 3.63) is 42.2 Å². The number of anilines is 1. The van der Waals surface area contributed by atoms with Crippen LogP contribution in [0.4, 0.5) is 5.95 Å². The fourth-order valence-electron chi connectivity index (χ4n) is 3.77. The number of fused-ring (bicyclic) bond motifs is 1. The van der Waals surface area contributed by atoms with Crippen molar-refractivity contribution in [3.63, 3.8) is 0 Å². The third-order valence-electron chi connectivity index (χ3n) is 4.96. The Kier molecular flexibility index (Phi) is 4.30. The molecule has 2 aliphatic heterocycles. The molecule has 6 nitrogen and oxygen atoms in total. The van der Waals surface area contributed by atoms with Crippen molar-refractivity contribution in [1.29, 1.82) is 0 Å². The first-order valence-corrected chi connectivity index (χ1v) is 8.77. The number of nitrogens with zero attached hydrogens (tertiary/aromatic N) is 5. The van der Waals surface area contributed by atoms with Crippen LogP contribution < -0.4 is 4.90 Å². The molecular formula is C18H23N5O. The van der Waals surface area contributed by atoms with Gasteiger partial charge in [-0.25, -0.2) is 4.68 Å². The zero-order valence-electron chi connectivity index (χ0n) is 13.8. The molecule has 0 saturated carbocycles. The molecule has 0 bridgehead atoms. The Labute approximate surface area is 142 Å². The highest BCUT2D eigenvalue weighted by Gasteiger charge is 2.33. The zero-order valence-corrected chi connectivity index (χ0v) is 13.8. The molecule has 2 aliphatic rings. The first kappa shape index (κ1) is 15.3. The van der Waals surface area contributed by atoms with E-state index in [4.69, 9.17) is 0 Å². The van der Waals surface area contributed by atoms with Gasteiger partial charge in [-0.05, 0) is 31.4 Å².